The minimum atomic E-state index is -0.825. The zero-order valence-corrected chi connectivity index (χ0v) is 24.7. The highest BCUT2D eigenvalue weighted by Crippen LogP contribution is 2.54. The van der Waals surface area contributed by atoms with Crippen molar-refractivity contribution < 1.29 is 18.8 Å². The van der Waals surface area contributed by atoms with Crippen molar-refractivity contribution in [2.75, 3.05) is 29.2 Å². The quantitative estimate of drug-likeness (QED) is 0.317. The van der Waals surface area contributed by atoms with Gasteiger partial charge in [-0.3, -0.25) is 23.7 Å². The van der Waals surface area contributed by atoms with E-state index in [0.717, 1.165) is 44.8 Å². The number of amides is 3. The van der Waals surface area contributed by atoms with Crippen LogP contribution in [0.3, 0.4) is 0 Å². The molecule has 2 unspecified atom stereocenters. The number of aromatic nitrogens is 1. The van der Waals surface area contributed by atoms with Crippen molar-refractivity contribution in [2.24, 2.45) is 5.92 Å². The average molecular weight is 603 g/mol. The molecule has 6 rings (SSSR count). The van der Waals surface area contributed by atoms with Crippen LogP contribution in [0.5, 0.6) is 0 Å². The normalized spacial score (nSPS) is 19.4. The van der Waals surface area contributed by atoms with Gasteiger partial charge in [0, 0.05) is 36.3 Å². The predicted octanol–water partition coefficient (Wildman–Crippen LogP) is 4.86. The second-order valence-corrected chi connectivity index (χ2v) is 12.7. The molecule has 0 aliphatic carbocycles. The number of benzene rings is 3. The maximum Gasteiger partial charge on any atom is 0.308 e. The largest absolute Gasteiger partial charge is 0.378 e. The van der Waals surface area contributed by atoms with Gasteiger partial charge in [-0.25, -0.2) is 9.29 Å². The van der Waals surface area contributed by atoms with Crippen LogP contribution >= 0.6 is 23.1 Å². The van der Waals surface area contributed by atoms with E-state index in [9.17, 15) is 23.6 Å². The standard InChI is InChI=1S/C31H27FN4O4S2/c1-17-4-10-20(11-5-17)33-23(37)16-35-30-27(42-31(35)40)24(18-6-12-21(13-7-18)34(2)3)25-26(41-30)29(39)36(28(25)38)22-14-8-19(32)9-15-22/h4-15,24-26H,16H2,1-3H3,(H,33,37)/t24-,25?,26?/m1/s1. The van der Waals surface area contributed by atoms with Gasteiger partial charge >= 0.3 is 4.87 Å². The molecule has 3 aromatic carbocycles. The monoisotopic (exact) mass is 602 g/mol. The van der Waals surface area contributed by atoms with Gasteiger partial charge < -0.3 is 10.2 Å². The Labute approximate surface area is 249 Å². The smallest absolute Gasteiger partial charge is 0.308 e. The van der Waals surface area contributed by atoms with E-state index in [-0.39, 0.29) is 17.3 Å². The third kappa shape index (κ3) is 4.92. The van der Waals surface area contributed by atoms with Gasteiger partial charge in [0.2, 0.25) is 17.7 Å². The van der Waals surface area contributed by atoms with Crippen molar-refractivity contribution in [1.82, 2.24) is 4.57 Å². The molecule has 0 bridgehead atoms. The number of halogens is 1. The molecule has 1 saturated heterocycles. The Kier molecular flexibility index (Phi) is 7.24. The maximum atomic E-state index is 13.9. The number of hydrogen-bond donors (Lipinski definition) is 1. The van der Waals surface area contributed by atoms with Crippen LogP contribution in [0.4, 0.5) is 21.5 Å². The second kappa shape index (κ2) is 10.9. The molecule has 1 aromatic heterocycles. The van der Waals surface area contributed by atoms with Crippen LogP contribution < -0.4 is 20.0 Å². The molecule has 3 amide bonds. The van der Waals surface area contributed by atoms with Gasteiger partial charge in [-0.15, -0.1) is 0 Å². The molecule has 11 heteroatoms. The van der Waals surface area contributed by atoms with Crippen molar-refractivity contribution in [1.29, 1.82) is 0 Å². The fourth-order valence-corrected chi connectivity index (χ4v) is 8.19. The minimum Gasteiger partial charge on any atom is -0.378 e. The molecule has 8 nitrogen and oxygen atoms in total. The van der Waals surface area contributed by atoms with Gasteiger partial charge in [-0.2, -0.15) is 0 Å². The summed E-state index contributed by atoms with van der Waals surface area (Å²) in [5.74, 6) is -3.05. The Morgan fingerprint density at radius 3 is 2.24 bits per heavy atom. The summed E-state index contributed by atoms with van der Waals surface area (Å²) >= 11 is 2.14. The van der Waals surface area contributed by atoms with Gasteiger partial charge in [0.05, 0.1) is 16.6 Å². The van der Waals surface area contributed by atoms with Gasteiger partial charge in [0.25, 0.3) is 0 Å². The van der Waals surface area contributed by atoms with Crippen LogP contribution in [-0.4, -0.2) is 41.6 Å². The van der Waals surface area contributed by atoms with Crippen LogP contribution in [0.15, 0.2) is 82.6 Å². The first-order chi connectivity index (χ1) is 20.1. The molecule has 3 atom stereocenters. The lowest BCUT2D eigenvalue weighted by Crippen LogP contribution is -2.33. The third-order valence-electron chi connectivity index (χ3n) is 7.54. The number of rotatable bonds is 6. The first-order valence-corrected chi connectivity index (χ1v) is 15.0. The Morgan fingerprint density at radius 1 is 0.929 bits per heavy atom. The highest BCUT2D eigenvalue weighted by molar-refractivity contribution is 8.00. The zero-order valence-electron chi connectivity index (χ0n) is 23.0. The molecular weight excluding hydrogens is 575 g/mol. The second-order valence-electron chi connectivity index (χ2n) is 10.6. The number of imide groups is 1. The summed E-state index contributed by atoms with van der Waals surface area (Å²) in [6, 6.07) is 20.3. The lowest BCUT2D eigenvalue weighted by molar-refractivity contribution is -0.122. The molecule has 214 valence electrons. The van der Waals surface area contributed by atoms with Crippen LogP contribution in [0, 0.1) is 18.7 Å². The number of hydrogen-bond acceptors (Lipinski definition) is 7. The Balaban J connectivity index is 1.41. The lowest BCUT2D eigenvalue weighted by Gasteiger charge is -2.31. The topological polar surface area (TPSA) is 91.7 Å². The van der Waals surface area contributed by atoms with Crippen LogP contribution in [-0.2, 0) is 20.9 Å². The number of carbonyl (C=O) groups excluding carboxylic acids is 3. The van der Waals surface area contributed by atoms with Crippen molar-refractivity contribution in [2.45, 2.75) is 29.7 Å². The molecule has 42 heavy (non-hydrogen) atoms. The summed E-state index contributed by atoms with van der Waals surface area (Å²) in [5.41, 5.74) is 3.71. The number of anilines is 3. The Morgan fingerprint density at radius 2 is 1.60 bits per heavy atom. The molecule has 0 saturated carbocycles. The molecular formula is C31H27FN4O4S2. The van der Waals surface area contributed by atoms with Crippen molar-refractivity contribution in [3.63, 3.8) is 0 Å². The summed E-state index contributed by atoms with van der Waals surface area (Å²) in [6.07, 6.45) is 0. The number of thioether (sulfide) groups is 1. The number of nitrogens with one attached hydrogen (secondary N) is 1. The van der Waals surface area contributed by atoms with E-state index in [2.05, 4.69) is 5.32 Å². The minimum absolute atomic E-state index is 0.237. The van der Waals surface area contributed by atoms with Crippen molar-refractivity contribution in [3.05, 3.63) is 104 Å². The highest BCUT2D eigenvalue weighted by Gasteiger charge is 2.56. The zero-order chi connectivity index (χ0) is 29.7. The number of carbonyl (C=O) groups is 3. The van der Waals surface area contributed by atoms with Crippen LogP contribution in [0.2, 0.25) is 0 Å². The van der Waals surface area contributed by atoms with E-state index in [1.54, 1.807) is 12.1 Å². The first-order valence-electron chi connectivity index (χ1n) is 13.3. The lowest BCUT2D eigenvalue weighted by atomic mass is 9.83. The molecule has 3 heterocycles. The number of aryl methyl sites for hydroxylation is 1. The summed E-state index contributed by atoms with van der Waals surface area (Å²) in [4.78, 5) is 57.5. The summed E-state index contributed by atoms with van der Waals surface area (Å²) < 4.78 is 15.0. The third-order valence-corrected chi connectivity index (χ3v) is 10.1. The highest BCUT2D eigenvalue weighted by atomic mass is 32.2. The molecule has 0 spiro atoms. The molecule has 0 radical (unpaired) electrons. The van der Waals surface area contributed by atoms with Gasteiger partial charge in [0.1, 0.15) is 17.6 Å². The van der Waals surface area contributed by atoms with Crippen LogP contribution in [0.1, 0.15) is 21.9 Å². The fraction of sp³-hybridized carbons (Fsp3) is 0.226. The summed E-state index contributed by atoms with van der Waals surface area (Å²) in [7, 11) is 3.85. The summed E-state index contributed by atoms with van der Waals surface area (Å²) in [5, 5.41) is 2.51. The molecule has 2 aliphatic rings. The molecule has 2 aliphatic heterocycles. The number of nitrogens with zero attached hydrogens (tertiary/aromatic N) is 3. The average Bonchev–Trinajstić information content (AvgIpc) is 3.41. The van der Waals surface area contributed by atoms with Crippen LogP contribution in [0.25, 0.3) is 0 Å². The van der Waals surface area contributed by atoms with Gasteiger partial charge in [0.15, 0.2) is 0 Å². The number of thiazole rings is 1. The van der Waals surface area contributed by atoms with E-state index in [1.807, 2.05) is 62.3 Å². The van der Waals surface area contributed by atoms with E-state index in [0.29, 0.717) is 21.3 Å². The molecule has 4 aromatic rings. The van der Waals surface area contributed by atoms with E-state index in [4.69, 9.17) is 0 Å². The van der Waals surface area contributed by atoms with E-state index in [1.165, 1.54) is 28.8 Å². The van der Waals surface area contributed by atoms with E-state index < -0.39 is 34.7 Å². The Hall–Kier alpha value is -4.22. The molecule has 1 N–H and O–H groups in total. The SMILES string of the molecule is Cc1ccc(NC(=O)Cn2c3c(sc2=O)[C@H](c2ccc(N(C)C)cc2)C2C(=O)N(c4ccc(F)cc4)C(=O)C2S3)cc1. The fourth-order valence-electron chi connectivity index (χ4n) is 5.42. The predicted molar refractivity (Wildman–Crippen MR) is 163 cm³/mol. The Bertz CT molecular complexity index is 1750. The summed E-state index contributed by atoms with van der Waals surface area (Å²) in [6.45, 7) is 1.71. The van der Waals surface area contributed by atoms with Crippen molar-refractivity contribution in [3.8, 4) is 0 Å². The first kappa shape index (κ1) is 27.9. The van der Waals surface area contributed by atoms with Gasteiger partial charge in [-0.05, 0) is 61.0 Å². The van der Waals surface area contributed by atoms with Gasteiger partial charge in [-0.1, -0.05) is 52.9 Å². The van der Waals surface area contributed by atoms with Crippen molar-refractivity contribution >= 4 is 57.9 Å². The van der Waals surface area contributed by atoms with E-state index >= 15 is 0 Å². The molecule has 1 fully saturated rings. The maximum absolute atomic E-state index is 13.9. The number of fused-ring (bicyclic) bond motifs is 2.